The molecule has 0 aromatic rings. The van der Waals surface area contributed by atoms with E-state index in [0.29, 0.717) is 5.70 Å². The first-order valence-corrected chi connectivity index (χ1v) is 3.42. The molecule has 1 rings (SSSR count). The lowest BCUT2D eigenvalue weighted by atomic mass is 9.92. The van der Waals surface area contributed by atoms with Gasteiger partial charge in [0.2, 0.25) is 0 Å². The Morgan fingerprint density at radius 3 is 2.91 bits per heavy atom. The van der Waals surface area contributed by atoms with Crippen LogP contribution in [0.15, 0.2) is 36.1 Å². The van der Waals surface area contributed by atoms with Gasteiger partial charge in [-0.15, -0.1) is 0 Å². The second-order valence-corrected chi connectivity index (χ2v) is 2.75. The molecule has 11 heavy (non-hydrogen) atoms. The molecule has 0 amide bonds. The Hall–Kier alpha value is -1.49. The van der Waals surface area contributed by atoms with Gasteiger partial charge >= 0.3 is 0 Å². The summed E-state index contributed by atoms with van der Waals surface area (Å²) in [5.74, 6) is 0. The van der Waals surface area contributed by atoms with Crippen LogP contribution in [0.25, 0.3) is 0 Å². The van der Waals surface area contributed by atoms with Crippen LogP contribution in [-0.2, 0) is 0 Å². The molecule has 0 fully saturated rings. The van der Waals surface area contributed by atoms with Gasteiger partial charge in [-0.25, -0.2) is 0 Å². The first kappa shape index (κ1) is 7.62. The molecule has 0 saturated carbocycles. The Balaban J connectivity index is 2.98. The van der Waals surface area contributed by atoms with Crippen LogP contribution in [-0.4, -0.2) is 0 Å². The summed E-state index contributed by atoms with van der Waals surface area (Å²) in [6.07, 6.45) is 8.95. The van der Waals surface area contributed by atoms with Gasteiger partial charge in [-0.1, -0.05) is 18.2 Å². The van der Waals surface area contributed by atoms with Gasteiger partial charge in [0.1, 0.15) is 0 Å². The zero-order valence-corrected chi connectivity index (χ0v) is 6.41. The minimum Gasteiger partial charge on any atom is -0.399 e. The summed E-state index contributed by atoms with van der Waals surface area (Å²) in [6, 6.07) is 2.18. The first-order chi connectivity index (χ1) is 5.16. The fourth-order valence-electron chi connectivity index (χ4n) is 0.814. The topological polar surface area (TPSA) is 49.8 Å². The SMILES string of the molecule is CC1(C#N)C=CC=C(N)C=C1. The van der Waals surface area contributed by atoms with Crippen molar-refractivity contribution in [2.24, 2.45) is 11.1 Å². The third-order valence-electron chi connectivity index (χ3n) is 1.59. The van der Waals surface area contributed by atoms with Gasteiger partial charge in [-0.3, -0.25) is 0 Å². The van der Waals surface area contributed by atoms with E-state index in [1.807, 2.05) is 13.0 Å². The lowest BCUT2D eigenvalue weighted by molar-refractivity contribution is 0.736. The van der Waals surface area contributed by atoms with E-state index in [1.165, 1.54) is 0 Å². The third kappa shape index (κ3) is 1.71. The monoisotopic (exact) mass is 146 g/mol. The number of nitriles is 1. The van der Waals surface area contributed by atoms with Crippen molar-refractivity contribution in [3.8, 4) is 6.07 Å². The highest BCUT2D eigenvalue weighted by Crippen LogP contribution is 2.21. The summed E-state index contributed by atoms with van der Waals surface area (Å²) in [4.78, 5) is 0. The number of rotatable bonds is 0. The molecule has 0 saturated heterocycles. The summed E-state index contributed by atoms with van der Waals surface area (Å²) in [5, 5.41) is 8.75. The first-order valence-electron chi connectivity index (χ1n) is 3.42. The number of nitrogens with two attached hydrogens (primary N) is 1. The summed E-state index contributed by atoms with van der Waals surface area (Å²) in [5.41, 5.74) is 5.70. The standard InChI is InChI=1S/C9H10N2/c1-9(7-10)5-2-3-8(11)4-6-9/h2-6H,11H2,1H3. The van der Waals surface area contributed by atoms with E-state index in [1.54, 1.807) is 24.3 Å². The predicted octanol–water partition coefficient (Wildman–Crippen LogP) is 1.48. The maximum atomic E-state index is 8.75. The van der Waals surface area contributed by atoms with Crippen LogP contribution >= 0.6 is 0 Å². The Bertz CT molecular complexity index is 278. The number of hydrogen-bond acceptors (Lipinski definition) is 2. The molecule has 2 nitrogen and oxygen atoms in total. The molecule has 1 aliphatic carbocycles. The van der Waals surface area contributed by atoms with Gasteiger partial charge in [-0.05, 0) is 19.1 Å². The van der Waals surface area contributed by atoms with Gasteiger partial charge in [0, 0.05) is 5.70 Å². The molecule has 1 unspecified atom stereocenters. The molecule has 0 aromatic carbocycles. The van der Waals surface area contributed by atoms with E-state index < -0.39 is 5.41 Å². The Kier molecular flexibility index (Phi) is 1.82. The molecule has 0 radical (unpaired) electrons. The average molecular weight is 146 g/mol. The predicted molar refractivity (Wildman–Crippen MR) is 44.3 cm³/mol. The quantitative estimate of drug-likeness (QED) is 0.562. The second-order valence-electron chi connectivity index (χ2n) is 2.75. The average Bonchev–Trinajstić information content (AvgIpc) is 2.15. The maximum Gasteiger partial charge on any atom is 0.0912 e. The summed E-state index contributed by atoms with van der Waals surface area (Å²) < 4.78 is 0. The molecule has 0 aliphatic heterocycles. The second kappa shape index (κ2) is 2.63. The van der Waals surface area contributed by atoms with Crippen molar-refractivity contribution in [1.82, 2.24) is 0 Å². The van der Waals surface area contributed by atoms with E-state index in [9.17, 15) is 0 Å². The highest BCUT2D eigenvalue weighted by atomic mass is 14.6. The van der Waals surface area contributed by atoms with E-state index in [-0.39, 0.29) is 0 Å². The summed E-state index contributed by atoms with van der Waals surface area (Å²) in [7, 11) is 0. The zero-order valence-electron chi connectivity index (χ0n) is 6.41. The van der Waals surface area contributed by atoms with Gasteiger partial charge in [0.25, 0.3) is 0 Å². The van der Waals surface area contributed by atoms with Crippen LogP contribution in [0, 0.1) is 16.7 Å². The molecule has 1 aliphatic rings. The van der Waals surface area contributed by atoms with E-state index in [2.05, 4.69) is 6.07 Å². The Labute approximate surface area is 66.3 Å². The van der Waals surface area contributed by atoms with Crippen molar-refractivity contribution in [3.63, 3.8) is 0 Å². The van der Waals surface area contributed by atoms with Gasteiger partial charge in [0.05, 0.1) is 11.5 Å². The summed E-state index contributed by atoms with van der Waals surface area (Å²) in [6.45, 7) is 1.84. The molecule has 2 N–H and O–H groups in total. The van der Waals surface area contributed by atoms with E-state index in [0.717, 1.165) is 0 Å². The van der Waals surface area contributed by atoms with Crippen molar-refractivity contribution >= 4 is 0 Å². The Morgan fingerprint density at radius 1 is 1.55 bits per heavy atom. The van der Waals surface area contributed by atoms with Crippen LogP contribution in [0.1, 0.15) is 6.92 Å². The molecular formula is C9H10N2. The minimum absolute atomic E-state index is 0.502. The van der Waals surface area contributed by atoms with Gasteiger partial charge in [0.15, 0.2) is 0 Å². The van der Waals surface area contributed by atoms with Gasteiger partial charge < -0.3 is 5.73 Å². The molecule has 0 heterocycles. The van der Waals surface area contributed by atoms with Crippen molar-refractivity contribution in [3.05, 3.63) is 36.1 Å². The normalized spacial score (nSPS) is 28.9. The minimum atomic E-state index is -0.502. The number of hydrogen-bond donors (Lipinski definition) is 1. The fourth-order valence-corrected chi connectivity index (χ4v) is 0.814. The van der Waals surface area contributed by atoms with Crippen molar-refractivity contribution in [1.29, 1.82) is 5.26 Å². The largest absolute Gasteiger partial charge is 0.399 e. The lowest BCUT2D eigenvalue weighted by Gasteiger charge is -2.08. The van der Waals surface area contributed by atoms with Crippen molar-refractivity contribution in [2.75, 3.05) is 0 Å². The van der Waals surface area contributed by atoms with Crippen molar-refractivity contribution in [2.45, 2.75) is 6.92 Å². The van der Waals surface area contributed by atoms with E-state index in [4.69, 9.17) is 11.0 Å². The molecule has 0 spiro atoms. The molecule has 0 bridgehead atoms. The van der Waals surface area contributed by atoms with Crippen LogP contribution in [0.4, 0.5) is 0 Å². The third-order valence-corrected chi connectivity index (χ3v) is 1.59. The lowest BCUT2D eigenvalue weighted by Crippen LogP contribution is -2.04. The Morgan fingerprint density at radius 2 is 2.27 bits per heavy atom. The molecule has 0 aromatic heterocycles. The number of allylic oxidation sites excluding steroid dienone is 5. The van der Waals surface area contributed by atoms with Crippen LogP contribution < -0.4 is 5.73 Å². The highest BCUT2D eigenvalue weighted by molar-refractivity contribution is 5.33. The van der Waals surface area contributed by atoms with E-state index >= 15 is 0 Å². The fraction of sp³-hybridized carbons (Fsp3) is 0.222. The van der Waals surface area contributed by atoms with Crippen LogP contribution in [0.3, 0.4) is 0 Å². The number of nitrogens with zero attached hydrogens (tertiary/aromatic N) is 1. The molecule has 2 heteroatoms. The van der Waals surface area contributed by atoms with Crippen LogP contribution in [0.5, 0.6) is 0 Å². The highest BCUT2D eigenvalue weighted by Gasteiger charge is 2.15. The van der Waals surface area contributed by atoms with Crippen molar-refractivity contribution < 1.29 is 0 Å². The smallest absolute Gasteiger partial charge is 0.0912 e. The molecule has 1 atom stereocenters. The zero-order chi connectivity index (χ0) is 8.32. The molecular weight excluding hydrogens is 136 g/mol. The maximum absolute atomic E-state index is 8.75. The van der Waals surface area contributed by atoms with Crippen LogP contribution in [0.2, 0.25) is 0 Å². The molecule has 56 valence electrons. The summed E-state index contributed by atoms with van der Waals surface area (Å²) >= 11 is 0. The van der Waals surface area contributed by atoms with Gasteiger partial charge in [-0.2, -0.15) is 5.26 Å².